The van der Waals surface area contributed by atoms with Crippen molar-refractivity contribution in [3.63, 3.8) is 0 Å². The van der Waals surface area contributed by atoms with Gasteiger partial charge in [-0.05, 0) is 12.1 Å². The van der Waals surface area contributed by atoms with E-state index in [1.807, 2.05) is 20.8 Å². The Hall–Kier alpha value is -1.81. The number of benzene rings is 1. The molecule has 140 valence electrons. The maximum Gasteiger partial charge on any atom is 0.341 e. The van der Waals surface area contributed by atoms with Crippen molar-refractivity contribution in [2.45, 2.75) is 43.6 Å². The van der Waals surface area contributed by atoms with Gasteiger partial charge in [-0.15, -0.1) is 0 Å². The van der Waals surface area contributed by atoms with Crippen LogP contribution in [0.4, 0.5) is 20.2 Å². The van der Waals surface area contributed by atoms with E-state index in [4.69, 9.17) is 4.74 Å². The summed E-state index contributed by atoms with van der Waals surface area (Å²) < 4.78 is 53.8. The number of rotatable bonds is 6. The summed E-state index contributed by atoms with van der Waals surface area (Å²) in [5.41, 5.74) is -0.793. The zero-order chi connectivity index (χ0) is 19.2. The number of sulfone groups is 1. The fourth-order valence-corrected chi connectivity index (χ4v) is 4.40. The number of nitro benzene ring substituents is 1. The lowest BCUT2D eigenvalue weighted by atomic mass is 9.58. The van der Waals surface area contributed by atoms with Crippen molar-refractivity contribution in [3.8, 4) is 0 Å². The largest absolute Gasteiger partial charge is 0.380 e. The lowest BCUT2D eigenvalue weighted by Gasteiger charge is -2.56. The molecule has 0 saturated heterocycles. The van der Waals surface area contributed by atoms with Gasteiger partial charge in [0.1, 0.15) is 5.69 Å². The van der Waals surface area contributed by atoms with Crippen LogP contribution in [0, 0.1) is 21.4 Å². The number of nitrogens with one attached hydrogen (secondary N) is 1. The highest BCUT2D eigenvalue weighted by atomic mass is 32.2. The van der Waals surface area contributed by atoms with E-state index in [2.05, 4.69) is 5.32 Å². The molecular formula is C15H20F2N2O5S. The molecule has 0 unspecified atom stereocenters. The van der Waals surface area contributed by atoms with Gasteiger partial charge in [0.2, 0.25) is 9.84 Å². The van der Waals surface area contributed by atoms with Crippen molar-refractivity contribution in [2.75, 3.05) is 12.4 Å². The minimum absolute atomic E-state index is 0.0393. The van der Waals surface area contributed by atoms with Gasteiger partial charge in [0.25, 0.3) is 5.69 Å². The van der Waals surface area contributed by atoms with Crippen LogP contribution >= 0.6 is 0 Å². The molecule has 0 amide bonds. The molecule has 2 rings (SSSR count). The van der Waals surface area contributed by atoms with Gasteiger partial charge in [-0.3, -0.25) is 10.1 Å². The first-order chi connectivity index (χ1) is 11.4. The molecular weight excluding hydrogens is 358 g/mol. The number of hydrogen-bond donors (Lipinski definition) is 1. The van der Waals surface area contributed by atoms with Gasteiger partial charge >= 0.3 is 5.76 Å². The molecule has 3 atom stereocenters. The maximum absolute atomic E-state index is 12.7. The Bertz CT molecular complexity index is 782. The van der Waals surface area contributed by atoms with Crippen LogP contribution in [0.5, 0.6) is 0 Å². The van der Waals surface area contributed by atoms with Gasteiger partial charge in [-0.1, -0.05) is 20.8 Å². The van der Waals surface area contributed by atoms with Crippen molar-refractivity contribution in [1.29, 1.82) is 0 Å². The van der Waals surface area contributed by atoms with E-state index in [-0.39, 0.29) is 29.2 Å². The molecule has 0 aromatic heterocycles. The maximum atomic E-state index is 12.7. The third-order valence-electron chi connectivity index (χ3n) is 4.83. The normalized spacial score (nSPS) is 25.5. The van der Waals surface area contributed by atoms with E-state index in [0.29, 0.717) is 6.07 Å². The molecule has 1 fully saturated rings. The number of halogens is 2. The van der Waals surface area contributed by atoms with Gasteiger partial charge in [0, 0.05) is 30.6 Å². The second-order valence-corrected chi connectivity index (χ2v) is 8.62. The van der Waals surface area contributed by atoms with Crippen molar-refractivity contribution in [1.82, 2.24) is 0 Å². The molecule has 0 spiro atoms. The Balaban J connectivity index is 2.39. The highest BCUT2D eigenvalue weighted by molar-refractivity contribution is 7.91. The summed E-state index contributed by atoms with van der Waals surface area (Å²) in [5, 5.41) is 14.3. The molecule has 1 aromatic carbocycles. The van der Waals surface area contributed by atoms with E-state index in [1.54, 1.807) is 7.11 Å². The van der Waals surface area contributed by atoms with Crippen molar-refractivity contribution < 1.29 is 26.9 Å². The van der Waals surface area contributed by atoms with Crippen LogP contribution in [0.25, 0.3) is 0 Å². The summed E-state index contributed by atoms with van der Waals surface area (Å²) in [6, 6.07) is 2.60. The average molecular weight is 378 g/mol. The highest BCUT2D eigenvalue weighted by Crippen LogP contribution is 2.49. The first-order valence-electron chi connectivity index (χ1n) is 7.54. The predicted molar refractivity (Wildman–Crippen MR) is 87.4 cm³/mol. The first kappa shape index (κ1) is 19.5. The second kappa shape index (κ2) is 6.49. The number of nitrogens with zero attached hydrogens (tertiary/aromatic N) is 1. The molecule has 0 aliphatic heterocycles. The molecule has 10 heteroatoms. The fourth-order valence-electron chi connectivity index (χ4n) is 3.66. The third kappa shape index (κ3) is 3.20. The van der Waals surface area contributed by atoms with Gasteiger partial charge in [0.05, 0.1) is 15.9 Å². The minimum Gasteiger partial charge on any atom is -0.380 e. The van der Waals surface area contributed by atoms with Crippen LogP contribution in [0.2, 0.25) is 0 Å². The van der Waals surface area contributed by atoms with E-state index < -0.39 is 31.1 Å². The second-order valence-electron chi connectivity index (χ2n) is 6.70. The molecule has 25 heavy (non-hydrogen) atoms. The van der Waals surface area contributed by atoms with Gasteiger partial charge in [-0.25, -0.2) is 8.42 Å². The third-order valence-corrected chi connectivity index (χ3v) is 6.21. The number of nitro groups is 1. The van der Waals surface area contributed by atoms with Crippen LogP contribution in [0.15, 0.2) is 23.1 Å². The molecule has 1 aromatic rings. The Morgan fingerprint density at radius 1 is 1.36 bits per heavy atom. The summed E-state index contributed by atoms with van der Waals surface area (Å²) >= 11 is 0. The summed E-state index contributed by atoms with van der Waals surface area (Å²) in [7, 11) is -3.31. The number of anilines is 1. The van der Waals surface area contributed by atoms with Crippen LogP contribution < -0.4 is 5.32 Å². The smallest absolute Gasteiger partial charge is 0.341 e. The summed E-state index contributed by atoms with van der Waals surface area (Å²) in [5.74, 6) is -3.58. The highest BCUT2D eigenvalue weighted by Gasteiger charge is 2.55. The number of methoxy groups -OCH3 is 1. The van der Waals surface area contributed by atoms with Crippen LogP contribution in [0.1, 0.15) is 20.8 Å². The SMILES string of the molecule is CO[C@@H]1[C@H](C)[C@H](Nc2ccc(S(=O)(=O)C(F)F)cc2[N+](=O)[O-])C1(C)C. The lowest BCUT2D eigenvalue weighted by molar-refractivity contribution is -0.384. The number of hydrogen-bond acceptors (Lipinski definition) is 6. The molecule has 1 aliphatic carbocycles. The lowest BCUT2D eigenvalue weighted by Crippen LogP contribution is -2.64. The monoisotopic (exact) mass is 378 g/mol. The average Bonchev–Trinajstić information content (AvgIpc) is 2.52. The summed E-state index contributed by atoms with van der Waals surface area (Å²) in [4.78, 5) is 9.70. The molecule has 0 radical (unpaired) electrons. The number of alkyl halides is 2. The molecule has 0 heterocycles. The van der Waals surface area contributed by atoms with Gasteiger partial charge < -0.3 is 10.1 Å². The zero-order valence-electron chi connectivity index (χ0n) is 14.2. The topological polar surface area (TPSA) is 98.5 Å². The molecule has 1 aliphatic rings. The number of ether oxygens (including phenoxy) is 1. The van der Waals surface area contributed by atoms with E-state index in [0.717, 1.165) is 12.1 Å². The summed E-state index contributed by atoms with van der Waals surface area (Å²) in [6.45, 7) is 5.82. The predicted octanol–water partition coefficient (Wildman–Crippen LogP) is 3.06. The van der Waals surface area contributed by atoms with Crippen LogP contribution in [0.3, 0.4) is 0 Å². The minimum atomic E-state index is -4.90. The van der Waals surface area contributed by atoms with Gasteiger partial charge in [0.15, 0.2) is 0 Å². The Labute approximate surface area is 144 Å². The molecule has 1 N–H and O–H groups in total. The Kier molecular flexibility index (Phi) is 5.06. The van der Waals surface area contributed by atoms with Crippen molar-refractivity contribution in [3.05, 3.63) is 28.3 Å². The van der Waals surface area contributed by atoms with E-state index in [9.17, 15) is 27.3 Å². The molecule has 1 saturated carbocycles. The summed E-state index contributed by atoms with van der Waals surface area (Å²) in [6.07, 6.45) is -0.0393. The fraction of sp³-hybridized carbons (Fsp3) is 0.600. The molecule has 7 nitrogen and oxygen atoms in total. The first-order valence-corrected chi connectivity index (χ1v) is 9.09. The Morgan fingerprint density at radius 2 is 1.96 bits per heavy atom. The quantitative estimate of drug-likeness (QED) is 0.603. The van der Waals surface area contributed by atoms with Crippen LogP contribution in [-0.4, -0.2) is 38.4 Å². The zero-order valence-corrected chi connectivity index (χ0v) is 15.0. The van der Waals surface area contributed by atoms with E-state index in [1.165, 1.54) is 0 Å². The van der Waals surface area contributed by atoms with E-state index >= 15 is 0 Å². The van der Waals surface area contributed by atoms with Gasteiger partial charge in [-0.2, -0.15) is 8.78 Å². The Morgan fingerprint density at radius 3 is 2.40 bits per heavy atom. The van der Waals surface area contributed by atoms with Crippen LogP contribution in [-0.2, 0) is 14.6 Å². The van der Waals surface area contributed by atoms with Crippen molar-refractivity contribution in [2.24, 2.45) is 11.3 Å². The molecule has 0 bridgehead atoms. The van der Waals surface area contributed by atoms with Crippen molar-refractivity contribution >= 4 is 21.2 Å². The standard InChI is InChI=1S/C15H20F2N2O5S/c1-8-12(15(2,3)13(8)24-4)18-10-6-5-9(7-11(10)19(20)21)25(22,23)14(16)17/h5-8,12-14,18H,1-4H3/t8-,12+,13-/m1/s1.